The van der Waals surface area contributed by atoms with E-state index in [0.717, 1.165) is 25.4 Å². The molecule has 0 amide bonds. The minimum absolute atomic E-state index is 0.401. The number of nitrogens with two attached hydrogens (primary N) is 1. The summed E-state index contributed by atoms with van der Waals surface area (Å²) < 4.78 is 0. The highest BCUT2D eigenvalue weighted by Crippen LogP contribution is 2.39. The van der Waals surface area contributed by atoms with E-state index in [1.165, 1.54) is 29.7 Å². The third kappa shape index (κ3) is 3.50. The van der Waals surface area contributed by atoms with Crippen LogP contribution >= 0.6 is 11.8 Å². The summed E-state index contributed by atoms with van der Waals surface area (Å²) in [5, 5.41) is 3.56. The molecule has 3 N–H and O–H groups in total. The first-order valence-electron chi connectivity index (χ1n) is 6.90. The van der Waals surface area contributed by atoms with E-state index in [9.17, 15) is 0 Å². The Balaban J connectivity index is 1.76. The van der Waals surface area contributed by atoms with E-state index in [1.54, 1.807) is 0 Å². The van der Waals surface area contributed by atoms with Crippen LogP contribution < -0.4 is 11.1 Å². The van der Waals surface area contributed by atoms with Crippen LogP contribution in [-0.4, -0.2) is 18.8 Å². The lowest BCUT2D eigenvalue weighted by Crippen LogP contribution is -2.45. The monoisotopic (exact) mass is 264 g/mol. The Morgan fingerprint density at radius 2 is 2.00 bits per heavy atom. The molecule has 0 spiro atoms. The van der Waals surface area contributed by atoms with Crippen molar-refractivity contribution in [3.63, 3.8) is 0 Å². The average Bonchev–Trinajstić information content (AvgIpc) is 2.35. The predicted octanol–water partition coefficient (Wildman–Crippen LogP) is 3.02. The molecule has 0 bridgehead atoms. The van der Waals surface area contributed by atoms with Gasteiger partial charge in [0.1, 0.15) is 0 Å². The summed E-state index contributed by atoms with van der Waals surface area (Å²) in [4.78, 5) is 1.36. The maximum absolute atomic E-state index is 5.86. The van der Waals surface area contributed by atoms with Gasteiger partial charge >= 0.3 is 0 Å². The van der Waals surface area contributed by atoms with E-state index < -0.39 is 0 Å². The lowest BCUT2D eigenvalue weighted by Gasteiger charge is -2.41. The second-order valence-corrected chi connectivity index (χ2v) is 6.58. The number of rotatable bonds is 7. The van der Waals surface area contributed by atoms with Gasteiger partial charge < -0.3 is 11.1 Å². The molecule has 1 aliphatic carbocycles. The third-order valence-corrected chi connectivity index (χ3v) is 4.80. The SMILES string of the molecule is CCSc1ccc(CNCC2(CN)CCC2)cc1. The summed E-state index contributed by atoms with van der Waals surface area (Å²) in [5.41, 5.74) is 7.62. The summed E-state index contributed by atoms with van der Waals surface area (Å²) in [5.74, 6) is 1.14. The smallest absolute Gasteiger partial charge is 0.0205 e. The minimum atomic E-state index is 0.401. The van der Waals surface area contributed by atoms with Gasteiger partial charge in [-0.2, -0.15) is 0 Å². The van der Waals surface area contributed by atoms with E-state index in [0.29, 0.717) is 5.41 Å². The fourth-order valence-corrected chi connectivity index (χ4v) is 3.13. The van der Waals surface area contributed by atoms with Crippen molar-refractivity contribution >= 4 is 11.8 Å². The zero-order valence-corrected chi connectivity index (χ0v) is 12.1. The highest BCUT2D eigenvalue weighted by Gasteiger charge is 2.34. The van der Waals surface area contributed by atoms with E-state index in [-0.39, 0.29) is 0 Å². The average molecular weight is 264 g/mol. The van der Waals surface area contributed by atoms with Crippen LogP contribution in [0.25, 0.3) is 0 Å². The molecule has 1 aliphatic rings. The van der Waals surface area contributed by atoms with Gasteiger partial charge in [0.25, 0.3) is 0 Å². The van der Waals surface area contributed by atoms with E-state index in [4.69, 9.17) is 5.73 Å². The Kier molecular flexibility index (Phi) is 5.10. The first-order valence-corrected chi connectivity index (χ1v) is 7.89. The van der Waals surface area contributed by atoms with Gasteiger partial charge in [0.2, 0.25) is 0 Å². The highest BCUT2D eigenvalue weighted by molar-refractivity contribution is 7.99. The molecule has 0 aromatic heterocycles. The molecule has 0 heterocycles. The van der Waals surface area contributed by atoms with Gasteiger partial charge in [-0.1, -0.05) is 25.5 Å². The van der Waals surface area contributed by atoms with Gasteiger partial charge in [0.15, 0.2) is 0 Å². The van der Waals surface area contributed by atoms with Crippen molar-refractivity contribution in [2.24, 2.45) is 11.1 Å². The molecule has 0 unspecified atom stereocenters. The summed E-state index contributed by atoms with van der Waals surface area (Å²) in [6.07, 6.45) is 3.94. The molecule has 3 heteroatoms. The van der Waals surface area contributed by atoms with Crippen LogP contribution in [0, 0.1) is 5.41 Å². The second kappa shape index (κ2) is 6.60. The maximum atomic E-state index is 5.86. The topological polar surface area (TPSA) is 38.0 Å². The highest BCUT2D eigenvalue weighted by atomic mass is 32.2. The number of hydrogen-bond donors (Lipinski definition) is 2. The van der Waals surface area contributed by atoms with Crippen molar-refractivity contribution < 1.29 is 0 Å². The Labute approximate surface area is 115 Å². The fourth-order valence-electron chi connectivity index (χ4n) is 2.47. The molecule has 2 nitrogen and oxygen atoms in total. The van der Waals surface area contributed by atoms with Gasteiger partial charge in [0.05, 0.1) is 0 Å². The summed E-state index contributed by atoms with van der Waals surface area (Å²) >= 11 is 1.89. The number of benzene rings is 1. The number of nitrogens with one attached hydrogen (secondary N) is 1. The van der Waals surface area contributed by atoms with Crippen molar-refractivity contribution in [2.75, 3.05) is 18.8 Å². The Hall–Kier alpha value is -0.510. The molecule has 1 saturated carbocycles. The first kappa shape index (κ1) is 13.9. The van der Waals surface area contributed by atoms with Gasteiger partial charge in [0, 0.05) is 18.0 Å². The van der Waals surface area contributed by atoms with Crippen LogP contribution in [0.2, 0.25) is 0 Å². The second-order valence-electron chi connectivity index (χ2n) is 5.24. The van der Waals surface area contributed by atoms with Gasteiger partial charge in [-0.25, -0.2) is 0 Å². The van der Waals surface area contributed by atoms with Crippen LogP contribution in [-0.2, 0) is 6.54 Å². The van der Waals surface area contributed by atoms with Crippen LogP contribution in [0.1, 0.15) is 31.7 Å². The standard InChI is InChI=1S/C15H24N2S/c1-2-18-14-6-4-13(5-7-14)10-17-12-15(11-16)8-3-9-15/h4-7,17H,2-3,8-12,16H2,1H3. The maximum Gasteiger partial charge on any atom is 0.0205 e. The quantitative estimate of drug-likeness (QED) is 0.744. The largest absolute Gasteiger partial charge is 0.330 e. The lowest BCUT2D eigenvalue weighted by molar-refractivity contribution is 0.141. The molecular weight excluding hydrogens is 240 g/mol. The van der Waals surface area contributed by atoms with Crippen LogP contribution in [0.3, 0.4) is 0 Å². The molecule has 100 valence electrons. The lowest BCUT2D eigenvalue weighted by atomic mass is 9.69. The Morgan fingerprint density at radius 1 is 1.28 bits per heavy atom. The Morgan fingerprint density at radius 3 is 2.50 bits per heavy atom. The molecular formula is C15H24N2S. The molecule has 0 aliphatic heterocycles. The summed E-state index contributed by atoms with van der Waals surface area (Å²) in [6.45, 7) is 5.03. The van der Waals surface area contributed by atoms with Crippen LogP contribution in [0.15, 0.2) is 29.2 Å². The molecule has 1 fully saturated rings. The van der Waals surface area contributed by atoms with Crippen molar-refractivity contribution in [3.8, 4) is 0 Å². The van der Waals surface area contributed by atoms with Gasteiger partial charge in [-0.3, -0.25) is 0 Å². The minimum Gasteiger partial charge on any atom is -0.330 e. The zero-order valence-electron chi connectivity index (χ0n) is 11.2. The molecule has 0 atom stereocenters. The van der Waals surface area contributed by atoms with E-state index >= 15 is 0 Å². The van der Waals surface area contributed by atoms with Crippen molar-refractivity contribution in [2.45, 2.75) is 37.6 Å². The molecule has 1 aromatic rings. The Bertz CT molecular complexity index is 352. The van der Waals surface area contributed by atoms with Crippen LogP contribution in [0.4, 0.5) is 0 Å². The first-order chi connectivity index (χ1) is 8.78. The molecule has 18 heavy (non-hydrogen) atoms. The van der Waals surface area contributed by atoms with Crippen molar-refractivity contribution in [1.29, 1.82) is 0 Å². The van der Waals surface area contributed by atoms with Crippen molar-refractivity contribution in [3.05, 3.63) is 29.8 Å². The molecule has 0 radical (unpaired) electrons. The summed E-state index contributed by atoms with van der Waals surface area (Å²) in [6, 6.07) is 8.88. The molecule has 2 rings (SSSR count). The van der Waals surface area contributed by atoms with E-state index in [2.05, 4.69) is 36.5 Å². The number of hydrogen-bond acceptors (Lipinski definition) is 3. The fraction of sp³-hybridized carbons (Fsp3) is 0.600. The van der Waals surface area contributed by atoms with Crippen LogP contribution in [0.5, 0.6) is 0 Å². The summed E-state index contributed by atoms with van der Waals surface area (Å²) in [7, 11) is 0. The predicted molar refractivity (Wildman–Crippen MR) is 79.9 cm³/mol. The number of thioether (sulfide) groups is 1. The normalized spacial score (nSPS) is 17.4. The van der Waals surface area contributed by atoms with Gasteiger partial charge in [-0.15, -0.1) is 11.8 Å². The van der Waals surface area contributed by atoms with Crippen molar-refractivity contribution in [1.82, 2.24) is 5.32 Å². The molecule has 0 saturated heterocycles. The third-order valence-electron chi connectivity index (χ3n) is 3.91. The van der Waals surface area contributed by atoms with E-state index in [1.807, 2.05) is 11.8 Å². The van der Waals surface area contributed by atoms with Gasteiger partial charge in [-0.05, 0) is 48.3 Å². The zero-order chi connectivity index (χ0) is 12.8. The molecule has 1 aromatic carbocycles.